The van der Waals surface area contributed by atoms with E-state index in [2.05, 4.69) is 4.99 Å². The summed E-state index contributed by atoms with van der Waals surface area (Å²) in [6.07, 6.45) is 1.65. The van der Waals surface area contributed by atoms with E-state index in [1.165, 1.54) is 35.9 Å². The van der Waals surface area contributed by atoms with Crippen LogP contribution in [-0.2, 0) is 20.9 Å². The number of fused-ring (bicyclic) bond motifs is 1. The van der Waals surface area contributed by atoms with Crippen molar-refractivity contribution in [2.75, 3.05) is 20.3 Å². The molecule has 0 saturated carbocycles. The Balaban J connectivity index is 1.49. The Morgan fingerprint density at radius 3 is 2.35 bits per heavy atom. The van der Waals surface area contributed by atoms with Crippen molar-refractivity contribution < 1.29 is 32.9 Å². The molecule has 0 spiro atoms. The molecular formula is C34H30ClFN2O7S. The van der Waals surface area contributed by atoms with E-state index in [1.54, 1.807) is 63.2 Å². The molecule has 0 aliphatic carbocycles. The second kappa shape index (κ2) is 14.1. The van der Waals surface area contributed by atoms with Crippen LogP contribution in [0.4, 0.5) is 4.39 Å². The molecule has 0 saturated heterocycles. The summed E-state index contributed by atoms with van der Waals surface area (Å²) in [4.78, 5) is 43.8. The summed E-state index contributed by atoms with van der Waals surface area (Å²) in [5.41, 5.74) is 2.55. The number of thiazole rings is 1. The third-order valence-corrected chi connectivity index (χ3v) is 8.36. The summed E-state index contributed by atoms with van der Waals surface area (Å²) < 4.78 is 37.4. The minimum atomic E-state index is -0.863. The van der Waals surface area contributed by atoms with Gasteiger partial charge in [0.2, 0.25) is 0 Å². The first-order valence-electron chi connectivity index (χ1n) is 14.4. The van der Waals surface area contributed by atoms with Crippen LogP contribution in [0.25, 0.3) is 6.08 Å². The quantitative estimate of drug-likeness (QED) is 0.210. The Kier molecular flexibility index (Phi) is 10.0. The number of carbonyl (C=O) groups is 2. The zero-order valence-electron chi connectivity index (χ0n) is 25.5. The number of hydrogen-bond acceptors (Lipinski definition) is 9. The average Bonchev–Trinajstić information content (AvgIpc) is 3.34. The number of ether oxygens (including phenoxy) is 4. The van der Waals surface area contributed by atoms with Gasteiger partial charge in [0.15, 0.2) is 16.3 Å². The van der Waals surface area contributed by atoms with E-state index in [-0.39, 0.29) is 23.8 Å². The van der Waals surface area contributed by atoms with Crippen LogP contribution in [0.5, 0.6) is 11.5 Å². The van der Waals surface area contributed by atoms with Crippen molar-refractivity contribution in [3.8, 4) is 11.5 Å². The molecule has 5 rings (SSSR count). The molecule has 1 aromatic heterocycles. The van der Waals surface area contributed by atoms with Gasteiger partial charge < -0.3 is 18.9 Å². The smallest absolute Gasteiger partial charge is 0.338 e. The van der Waals surface area contributed by atoms with E-state index in [0.717, 1.165) is 16.9 Å². The number of methoxy groups -OCH3 is 1. The summed E-state index contributed by atoms with van der Waals surface area (Å²) in [6, 6.07) is 14.9. The minimum Gasteiger partial charge on any atom is -0.493 e. The molecule has 9 nitrogen and oxygen atoms in total. The third kappa shape index (κ3) is 6.75. The monoisotopic (exact) mass is 664 g/mol. The number of allylic oxidation sites excluding steroid dienone is 1. The van der Waals surface area contributed by atoms with Crippen LogP contribution in [0.1, 0.15) is 53.9 Å². The Hall–Kier alpha value is -4.74. The van der Waals surface area contributed by atoms with Gasteiger partial charge in [0.1, 0.15) is 12.4 Å². The summed E-state index contributed by atoms with van der Waals surface area (Å²) >= 11 is 7.78. The molecule has 3 aromatic carbocycles. The number of halogens is 2. The molecule has 46 heavy (non-hydrogen) atoms. The molecule has 0 radical (unpaired) electrons. The van der Waals surface area contributed by atoms with E-state index in [0.29, 0.717) is 49.8 Å². The molecule has 12 heteroatoms. The fraction of sp³-hybridized carbons (Fsp3) is 0.235. The van der Waals surface area contributed by atoms with E-state index >= 15 is 0 Å². The first kappa shape index (κ1) is 32.6. The van der Waals surface area contributed by atoms with Crippen molar-refractivity contribution in [1.29, 1.82) is 0 Å². The highest BCUT2D eigenvalue weighted by atomic mass is 35.5. The van der Waals surface area contributed by atoms with Crippen LogP contribution in [0, 0.1) is 5.82 Å². The van der Waals surface area contributed by atoms with Crippen LogP contribution in [0.15, 0.2) is 81.7 Å². The van der Waals surface area contributed by atoms with Crippen LogP contribution in [0.2, 0.25) is 5.02 Å². The standard InChI is InChI=1S/C34H30ClFN2O7S/c1-5-43-32(40)23-9-7-20(8-10-23)18-45-30-25(35)15-21(16-26(30)42-4)17-27-31(39)38-29(22-11-13-24(36)14-12-22)28(33(41)44-6-2)19(3)37-34(38)46-27/h7-17,29H,5-6,18H2,1-4H3/b27-17-/t29-/m0/s1. The SMILES string of the molecule is CCOC(=O)C1=C(C)N=c2s/c(=C\c3cc(Cl)c(OCc4ccc(C(=O)OCC)cc4)c(OC)c3)c(=O)n2[C@H]1c1ccc(F)cc1. The van der Waals surface area contributed by atoms with E-state index in [9.17, 15) is 18.8 Å². The largest absolute Gasteiger partial charge is 0.493 e. The highest BCUT2D eigenvalue weighted by Gasteiger charge is 2.33. The lowest BCUT2D eigenvalue weighted by atomic mass is 9.96. The number of nitrogens with zero attached hydrogens (tertiary/aromatic N) is 2. The maximum atomic E-state index is 13.9. The van der Waals surface area contributed by atoms with Gasteiger partial charge in [0, 0.05) is 0 Å². The van der Waals surface area contributed by atoms with Crippen molar-refractivity contribution in [3.05, 3.63) is 125 Å². The van der Waals surface area contributed by atoms with Gasteiger partial charge in [-0.15, -0.1) is 0 Å². The van der Waals surface area contributed by atoms with Crippen molar-refractivity contribution in [2.24, 2.45) is 4.99 Å². The second-order valence-electron chi connectivity index (χ2n) is 10.1. The Labute approximate surface area is 272 Å². The number of hydrogen-bond donors (Lipinski definition) is 0. The number of benzene rings is 3. The van der Waals surface area contributed by atoms with Gasteiger partial charge in [-0.2, -0.15) is 0 Å². The van der Waals surface area contributed by atoms with E-state index < -0.39 is 29.4 Å². The number of esters is 2. The lowest BCUT2D eigenvalue weighted by Gasteiger charge is -2.24. The fourth-order valence-electron chi connectivity index (χ4n) is 4.97. The Morgan fingerprint density at radius 1 is 1.02 bits per heavy atom. The molecule has 4 aromatic rings. The maximum Gasteiger partial charge on any atom is 0.338 e. The predicted octanol–water partition coefficient (Wildman–Crippen LogP) is 5.36. The van der Waals surface area contributed by atoms with Gasteiger partial charge in [-0.25, -0.2) is 19.0 Å². The van der Waals surface area contributed by atoms with Crippen LogP contribution in [-0.4, -0.2) is 36.8 Å². The van der Waals surface area contributed by atoms with Gasteiger partial charge in [0.25, 0.3) is 5.56 Å². The minimum absolute atomic E-state index is 0.139. The Morgan fingerprint density at radius 2 is 1.70 bits per heavy atom. The average molecular weight is 665 g/mol. The van der Waals surface area contributed by atoms with Crippen molar-refractivity contribution in [1.82, 2.24) is 4.57 Å². The number of carbonyl (C=O) groups excluding carboxylic acids is 2. The molecule has 0 fully saturated rings. The summed E-state index contributed by atoms with van der Waals surface area (Å²) in [5, 5.41) is 0.256. The molecule has 0 N–H and O–H groups in total. The first-order valence-corrected chi connectivity index (χ1v) is 15.6. The maximum absolute atomic E-state index is 13.9. The van der Waals surface area contributed by atoms with Crippen LogP contribution in [0.3, 0.4) is 0 Å². The zero-order valence-corrected chi connectivity index (χ0v) is 27.0. The predicted molar refractivity (Wildman–Crippen MR) is 172 cm³/mol. The normalized spacial score (nSPS) is 14.4. The highest BCUT2D eigenvalue weighted by molar-refractivity contribution is 7.07. The van der Waals surface area contributed by atoms with E-state index in [4.69, 9.17) is 30.5 Å². The van der Waals surface area contributed by atoms with Gasteiger partial charge in [0.05, 0.1) is 52.8 Å². The molecule has 0 amide bonds. The first-order chi connectivity index (χ1) is 22.1. The molecule has 1 aliphatic rings. The zero-order chi connectivity index (χ0) is 33.0. The number of aromatic nitrogens is 1. The van der Waals surface area contributed by atoms with Crippen molar-refractivity contribution in [2.45, 2.75) is 33.4 Å². The molecule has 1 aliphatic heterocycles. The fourth-order valence-corrected chi connectivity index (χ4v) is 6.29. The molecule has 238 valence electrons. The third-order valence-electron chi connectivity index (χ3n) is 7.10. The lowest BCUT2D eigenvalue weighted by molar-refractivity contribution is -0.139. The highest BCUT2D eigenvalue weighted by Crippen LogP contribution is 2.37. The lowest BCUT2D eigenvalue weighted by Crippen LogP contribution is -2.39. The summed E-state index contributed by atoms with van der Waals surface area (Å²) in [6.45, 7) is 5.70. The van der Waals surface area contributed by atoms with Crippen LogP contribution >= 0.6 is 22.9 Å². The molecule has 1 atom stereocenters. The molecule has 0 unspecified atom stereocenters. The van der Waals surface area contributed by atoms with E-state index in [1.807, 2.05) is 0 Å². The molecule has 0 bridgehead atoms. The molecular weight excluding hydrogens is 635 g/mol. The van der Waals surface area contributed by atoms with Gasteiger partial charge >= 0.3 is 11.9 Å². The van der Waals surface area contributed by atoms with Crippen molar-refractivity contribution in [3.63, 3.8) is 0 Å². The number of rotatable bonds is 10. The topological polar surface area (TPSA) is 105 Å². The van der Waals surface area contributed by atoms with Gasteiger partial charge in [-0.05, 0) is 79.9 Å². The summed E-state index contributed by atoms with van der Waals surface area (Å²) in [7, 11) is 1.48. The van der Waals surface area contributed by atoms with Crippen molar-refractivity contribution >= 4 is 41.0 Å². The van der Waals surface area contributed by atoms with Crippen LogP contribution < -0.4 is 24.4 Å². The van der Waals surface area contributed by atoms with Gasteiger partial charge in [-0.3, -0.25) is 9.36 Å². The molecule has 2 heterocycles. The Bertz CT molecular complexity index is 2000. The summed E-state index contributed by atoms with van der Waals surface area (Å²) in [5.74, 6) is -0.792. The van der Waals surface area contributed by atoms with Gasteiger partial charge in [-0.1, -0.05) is 47.2 Å². The second-order valence-corrected chi connectivity index (χ2v) is 11.5.